The Hall–Kier alpha value is -1.33. The average Bonchev–Trinajstić information content (AvgIpc) is 2.28. The quantitative estimate of drug-likeness (QED) is 0.749. The van der Waals surface area contributed by atoms with E-state index in [1.807, 2.05) is 13.0 Å². The van der Waals surface area contributed by atoms with Gasteiger partial charge in [0, 0.05) is 18.5 Å². The van der Waals surface area contributed by atoms with E-state index in [-0.39, 0.29) is 11.9 Å². The first kappa shape index (κ1) is 12.7. The summed E-state index contributed by atoms with van der Waals surface area (Å²) in [7, 11) is 0. The van der Waals surface area contributed by atoms with E-state index >= 15 is 0 Å². The first-order valence-corrected chi connectivity index (χ1v) is 5.62. The van der Waals surface area contributed by atoms with Gasteiger partial charge in [-0.15, -0.1) is 12.3 Å². The topological polar surface area (TPSA) is 12.0 Å². The highest BCUT2D eigenvalue weighted by Gasteiger charge is 2.11. The van der Waals surface area contributed by atoms with Gasteiger partial charge in [0.05, 0.1) is 0 Å². The van der Waals surface area contributed by atoms with Crippen LogP contribution in [0.1, 0.15) is 38.3 Å². The van der Waals surface area contributed by atoms with E-state index in [1.54, 1.807) is 12.1 Å². The van der Waals surface area contributed by atoms with Crippen molar-refractivity contribution in [1.82, 2.24) is 5.32 Å². The van der Waals surface area contributed by atoms with Crippen molar-refractivity contribution < 1.29 is 4.39 Å². The Morgan fingerprint density at radius 3 is 2.81 bits per heavy atom. The zero-order chi connectivity index (χ0) is 12.0. The lowest BCUT2D eigenvalue weighted by molar-refractivity contribution is 0.447. The largest absolute Gasteiger partial charge is 0.307 e. The minimum absolute atomic E-state index is 0.119. The van der Waals surface area contributed by atoms with Crippen LogP contribution in [0.5, 0.6) is 0 Å². The Morgan fingerprint density at radius 2 is 2.25 bits per heavy atom. The molecule has 0 radical (unpaired) electrons. The van der Waals surface area contributed by atoms with Gasteiger partial charge in [0.1, 0.15) is 5.82 Å². The number of nitrogens with one attached hydrogen (secondary N) is 1. The summed E-state index contributed by atoms with van der Waals surface area (Å²) < 4.78 is 13.0. The van der Waals surface area contributed by atoms with Crippen LogP contribution in [0.3, 0.4) is 0 Å². The summed E-state index contributed by atoms with van der Waals surface area (Å²) in [6, 6.07) is 7.07. The van der Waals surface area contributed by atoms with Crippen LogP contribution in [-0.4, -0.2) is 6.04 Å². The second-order valence-electron chi connectivity index (χ2n) is 3.96. The van der Waals surface area contributed by atoms with Crippen LogP contribution in [0, 0.1) is 18.2 Å². The lowest BCUT2D eigenvalue weighted by atomic mass is 10.1. The minimum atomic E-state index is -0.198. The zero-order valence-electron chi connectivity index (χ0n) is 9.83. The van der Waals surface area contributed by atoms with Crippen molar-refractivity contribution >= 4 is 0 Å². The third-order valence-electron chi connectivity index (χ3n) is 2.69. The molecule has 2 atom stereocenters. The molecule has 1 aromatic rings. The Morgan fingerprint density at radius 1 is 1.50 bits per heavy atom. The van der Waals surface area contributed by atoms with Crippen LogP contribution in [0.2, 0.25) is 0 Å². The summed E-state index contributed by atoms with van der Waals surface area (Å²) >= 11 is 0. The Kier molecular flexibility index (Phi) is 5.01. The fourth-order valence-electron chi connectivity index (χ4n) is 1.69. The smallest absolute Gasteiger partial charge is 0.123 e. The van der Waals surface area contributed by atoms with E-state index in [2.05, 4.69) is 18.2 Å². The molecule has 0 aliphatic heterocycles. The molecule has 16 heavy (non-hydrogen) atoms. The van der Waals surface area contributed by atoms with Crippen LogP contribution in [0.25, 0.3) is 0 Å². The zero-order valence-corrected chi connectivity index (χ0v) is 9.83. The van der Waals surface area contributed by atoms with Crippen molar-refractivity contribution in [3.8, 4) is 12.3 Å². The minimum Gasteiger partial charge on any atom is -0.307 e. The summed E-state index contributed by atoms with van der Waals surface area (Å²) in [5.41, 5.74) is 0.954. The molecular formula is C14H18FN. The molecule has 0 heterocycles. The Bertz CT molecular complexity index is 367. The monoisotopic (exact) mass is 219 g/mol. The van der Waals surface area contributed by atoms with E-state index in [9.17, 15) is 4.39 Å². The summed E-state index contributed by atoms with van der Waals surface area (Å²) in [6.07, 6.45) is 6.97. The third-order valence-corrected chi connectivity index (χ3v) is 2.69. The molecule has 0 aliphatic rings. The van der Waals surface area contributed by atoms with Gasteiger partial charge in [-0.1, -0.05) is 19.1 Å². The SMILES string of the molecule is C#CCC(CC)NC(C)c1cccc(F)c1. The van der Waals surface area contributed by atoms with Crippen LogP contribution in [0.4, 0.5) is 4.39 Å². The van der Waals surface area contributed by atoms with Crippen molar-refractivity contribution in [2.45, 2.75) is 38.8 Å². The van der Waals surface area contributed by atoms with Gasteiger partial charge in [0.2, 0.25) is 0 Å². The molecular weight excluding hydrogens is 201 g/mol. The second kappa shape index (κ2) is 6.30. The molecule has 0 fully saturated rings. The number of hydrogen-bond donors (Lipinski definition) is 1. The van der Waals surface area contributed by atoms with E-state index in [4.69, 9.17) is 6.42 Å². The number of terminal acetylenes is 1. The van der Waals surface area contributed by atoms with Gasteiger partial charge in [-0.2, -0.15) is 0 Å². The van der Waals surface area contributed by atoms with E-state index in [0.29, 0.717) is 12.5 Å². The van der Waals surface area contributed by atoms with Crippen LogP contribution >= 0.6 is 0 Å². The van der Waals surface area contributed by atoms with Gasteiger partial charge in [-0.25, -0.2) is 4.39 Å². The molecule has 2 unspecified atom stereocenters. The standard InChI is InChI=1S/C14H18FN/c1-4-7-14(5-2)16-11(3)12-8-6-9-13(15)10-12/h1,6,8-11,14,16H,5,7H2,2-3H3. The molecule has 0 saturated carbocycles. The normalized spacial score (nSPS) is 14.1. The molecule has 0 aromatic heterocycles. The van der Waals surface area contributed by atoms with Gasteiger partial charge in [-0.3, -0.25) is 0 Å². The molecule has 0 bridgehead atoms. The average molecular weight is 219 g/mol. The van der Waals surface area contributed by atoms with Crippen molar-refractivity contribution in [3.63, 3.8) is 0 Å². The van der Waals surface area contributed by atoms with Gasteiger partial charge < -0.3 is 5.32 Å². The van der Waals surface area contributed by atoms with E-state index in [1.165, 1.54) is 6.07 Å². The second-order valence-corrected chi connectivity index (χ2v) is 3.96. The number of rotatable bonds is 5. The molecule has 86 valence electrons. The lowest BCUT2D eigenvalue weighted by Crippen LogP contribution is -2.30. The highest BCUT2D eigenvalue weighted by molar-refractivity contribution is 5.19. The molecule has 1 N–H and O–H groups in total. The number of hydrogen-bond acceptors (Lipinski definition) is 1. The molecule has 2 heteroatoms. The summed E-state index contributed by atoms with van der Waals surface area (Å²) in [4.78, 5) is 0. The predicted octanol–water partition coefficient (Wildman–Crippen LogP) is 3.28. The van der Waals surface area contributed by atoms with E-state index in [0.717, 1.165) is 12.0 Å². The maximum Gasteiger partial charge on any atom is 0.123 e. The Balaban J connectivity index is 2.64. The predicted molar refractivity (Wildman–Crippen MR) is 65.5 cm³/mol. The molecule has 0 amide bonds. The van der Waals surface area contributed by atoms with Gasteiger partial charge in [0.25, 0.3) is 0 Å². The lowest BCUT2D eigenvalue weighted by Gasteiger charge is -2.21. The van der Waals surface area contributed by atoms with Crippen molar-refractivity contribution in [2.24, 2.45) is 0 Å². The van der Waals surface area contributed by atoms with Gasteiger partial charge in [0.15, 0.2) is 0 Å². The van der Waals surface area contributed by atoms with Crippen LogP contribution < -0.4 is 5.32 Å². The number of halogens is 1. The first-order chi connectivity index (χ1) is 7.67. The first-order valence-electron chi connectivity index (χ1n) is 5.62. The van der Waals surface area contributed by atoms with Crippen molar-refractivity contribution in [1.29, 1.82) is 0 Å². The van der Waals surface area contributed by atoms with Gasteiger partial charge in [-0.05, 0) is 31.0 Å². The van der Waals surface area contributed by atoms with E-state index < -0.39 is 0 Å². The fourth-order valence-corrected chi connectivity index (χ4v) is 1.69. The summed E-state index contributed by atoms with van der Waals surface area (Å²) in [5.74, 6) is 2.45. The fraction of sp³-hybridized carbons (Fsp3) is 0.429. The highest BCUT2D eigenvalue weighted by atomic mass is 19.1. The summed E-state index contributed by atoms with van der Waals surface area (Å²) in [6.45, 7) is 4.11. The van der Waals surface area contributed by atoms with Gasteiger partial charge >= 0.3 is 0 Å². The maximum atomic E-state index is 13.0. The Labute approximate surface area is 97.1 Å². The van der Waals surface area contributed by atoms with Crippen LogP contribution in [0.15, 0.2) is 24.3 Å². The molecule has 1 rings (SSSR count). The van der Waals surface area contributed by atoms with Crippen molar-refractivity contribution in [2.75, 3.05) is 0 Å². The number of benzene rings is 1. The maximum absolute atomic E-state index is 13.0. The molecule has 0 saturated heterocycles. The molecule has 0 aliphatic carbocycles. The highest BCUT2D eigenvalue weighted by Crippen LogP contribution is 2.15. The van der Waals surface area contributed by atoms with Crippen molar-refractivity contribution in [3.05, 3.63) is 35.6 Å². The molecule has 0 spiro atoms. The third kappa shape index (κ3) is 3.67. The summed E-state index contributed by atoms with van der Waals surface area (Å²) in [5, 5.41) is 3.40. The molecule has 1 aromatic carbocycles. The molecule has 1 nitrogen and oxygen atoms in total. The van der Waals surface area contributed by atoms with Crippen LogP contribution in [-0.2, 0) is 0 Å².